The van der Waals surface area contributed by atoms with E-state index in [4.69, 9.17) is 5.26 Å². The number of carbonyl (C=O) groups excluding carboxylic acids is 1. The van der Waals surface area contributed by atoms with Crippen molar-refractivity contribution >= 4 is 5.97 Å². The predicted octanol–water partition coefficient (Wildman–Crippen LogP) is 0.527. The first kappa shape index (κ1) is 8.27. The van der Waals surface area contributed by atoms with Crippen molar-refractivity contribution in [2.75, 3.05) is 7.11 Å². The van der Waals surface area contributed by atoms with Crippen molar-refractivity contribution in [2.24, 2.45) is 0 Å². The van der Waals surface area contributed by atoms with Crippen molar-refractivity contribution in [1.29, 1.82) is 5.26 Å². The summed E-state index contributed by atoms with van der Waals surface area (Å²) in [6.45, 7) is 0. The van der Waals surface area contributed by atoms with Crippen LogP contribution in [0.15, 0.2) is 10.6 Å². The van der Waals surface area contributed by atoms with Crippen molar-refractivity contribution in [2.45, 2.75) is 6.42 Å². The normalized spacial score (nSPS) is 9.00. The van der Waals surface area contributed by atoms with Gasteiger partial charge in [-0.3, -0.25) is 0 Å². The fraction of sp³-hybridized carbons (Fsp3) is 0.286. The first-order valence-corrected chi connectivity index (χ1v) is 3.18. The molecule has 0 radical (unpaired) electrons. The molecule has 1 rings (SSSR count). The second-order valence-corrected chi connectivity index (χ2v) is 2.00. The molecule has 0 N–H and O–H groups in total. The first-order chi connectivity index (χ1) is 5.77. The van der Waals surface area contributed by atoms with E-state index < -0.39 is 5.97 Å². The Bertz CT molecular complexity index is 324. The second-order valence-electron chi connectivity index (χ2n) is 2.00. The number of carbonyl (C=O) groups is 1. The van der Waals surface area contributed by atoms with Crippen molar-refractivity contribution < 1.29 is 14.1 Å². The maximum absolute atomic E-state index is 10.8. The number of hydrogen-bond acceptors (Lipinski definition) is 5. The van der Waals surface area contributed by atoms with Crippen molar-refractivity contribution in [3.05, 3.63) is 17.5 Å². The van der Waals surface area contributed by atoms with Crippen molar-refractivity contribution in [1.82, 2.24) is 5.16 Å². The van der Waals surface area contributed by atoms with E-state index in [-0.39, 0.29) is 12.1 Å². The lowest BCUT2D eigenvalue weighted by Crippen LogP contribution is -2.00. The number of ether oxygens (including phenoxy) is 1. The molecule has 1 aromatic heterocycles. The minimum absolute atomic E-state index is 0.0859. The summed E-state index contributed by atoms with van der Waals surface area (Å²) in [5.41, 5.74) is 0.0859. The third-order valence-corrected chi connectivity index (χ3v) is 1.21. The van der Waals surface area contributed by atoms with Gasteiger partial charge in [0.2, 0.25) is 0 Å². The van der Waals surface area contributed by atoms with Gasteiger partial charge in [0.05, 0.1) is 19.6 Å². The molecule has 1 heterocycles. The van der Waals surface area contributed by atoms with Gasteiger partial charge in [0.15, 0.2) is 11.5 Å². The zero-order valence-corrected chi connectivity index (χ0v) is 6.40. The lowest BCUT2D eigenvalue weighted by atomic mass is 10.3. The van der Waals surface area contributed by atoms with Gasteiger partial charge in [0.1, 0.15) is 0 Å². The van der Waals surface area contributed by atoms with Gasteiger partial charge in [-0.2, -0.15) is 5.26 Å². The molecular weight excluding hydrogens is 160 g/mol. The minimum atomic E-state index is -0.567. The number of aromatic nitrogens is 1. The Balaban J connectivity index is 2.78. The Kier molecular flexibility index (Phi) is 2.43. The average molecular weight is 166 g/mol. The Hall–Kier alpha value is -1.83. The summed E-state index contributed by atoms with van der Waals surface area (Å²) in [5, 5.41) is 11.7. The highest BCUT2D eigenvalue weighted by molar-refractivity contribution is 5.86. The molecule has 0 saturated carbocycles. The molecule has 62 valence electrons. The molecule has 0 aliphatic carbocycles. The number of esters is 1. The van der Waals surface area contributed by atoms with Crippen LogP contribution in [-0.2, 0) is 11.2 Å². The summed E-state index contributed by atoms with van der Waals surface area (Å²) >= 11 is 0. The molecule has 0 atom stereocenters. The number of nitriles is 1. The lowest BCUT2D eigenvalue weighted by molar-refractivity contribution is 0.0589. The summed E-state index contributed by atoms with van der Waals surface area (Å²) in [5.74, 6) is -0.208. The second kappa shape index (κ2) is 3.53. The molecule has 0 bridgehead atoms. The Labute approximate surface area is 68.5 Å². The highest BCUT2D eigenvalue weighted by Crippen LogP contribution is 2.04. The molecule has 12 heavy (non-hydrogen) atoms. The molecule has 5 nitrogen and oxygen atoms in total. The maximum atomic E-state index is 10.8. The van der Waals surface area contributed by atoms with Crippen LogP contribution in [0.1, 0.15) is 16.2 Å². The molecule has 1 aromatic rings. The van der Waals surface area contributed by atoms with Crippen LogP contribution in [0.3, 0.4) is 0 Å². The predicted molar refractivity (Wildman–Crippen MR) is 37.2 cm³/mol. The van der Waals surface area contributed by atoms with Gasteiger partial charge in [-0.15, -0.1) is 0 Å². The number of rotatable bonds is 2. The third-order valence-electron chi connectivity index (χ3n) is 1.21. The highest BCUT2D eigenvalue weighted by Gasteiger charge is 2.11. The molecule has 0 aliphatic rings. The van der Waals surface area contributed by atoms with Crippen LogP contribution in [0.5, 0.6) is 0 Å². The summed E-state index contributed by atoms with van der Waals surface area (Å²) in [6.07, 6.45) is 0.101. The lowest BCUT2D eigenvalue weighted by Gasteiger charge is -1.88. The zero-order valence-electron chi connectivity index (χ0n) is 6.40. The highest BCUT2D eigenvalue weighted by atomic mass is 16.5. The van der Waals surface area contributed by atoms with Crippen molar-refractivity contribution in [3.8, 4) is 6.07 Å². The third kappa shape index (κ3) is 1.61. The number of hydrogen-bond donors (Lipinski definition) is 0. The molecule has 0 unspecified atom stereocenters. The van der Waals surface area contributed by atoms with Crippen LogP contribution in [0.4, 0.5) is 0 Å². The Morgan fingerprint density at radius 1 is 1.92 bits per heavy atom. The largest absolute Gasteiger partial charge is 0.464 e. The molecule has 0 spiro atoms. The van der Waals surface area contributed by atoms with E-state index in [1.165, 1.54) is 13.2 Å². The van der Waals surface area contributed by atoms with Gasteiger partial charge in [0.25, 0.3) is 0 Å². The summed E-state index contributed by atoms with van der Waals surface area (Å²) in [4.78, 5) is 10.8. The van der Waals surface area contributed by atoms with Crippen LogP contribution in [-0.4, -0.2) is 18.2 Å². The first-order valence-electron chi connectivity index (χ1n) is 3.18. The van der Waals surface area contributed by atoms with E-state index in [1.807, 2.05) is 6.07 Å². The van der Waals surface area contributed by atoms with Gasteiger partial charge >= 0.3 is 5.97 Å². The fourth-order valence-corrected chi connectivity index (χ4v) is 0.675. The van der Waals surface area contributed by atoms with Crippen LogP contribution in [0.2, 0.25) is 0 Å². The van der Waals surface area contributed by atoms with E-state index in [2.05, 4.69) is 14.4 Å². The SMILES string of the molecule is COC(=O)c1cc(CC#N)on1. The molecule has 0 aliphatic heterocycles. The van der Waals surface area contributed by atoms with Crippen LogP contribution >= 0.6 is 0 Å². The smallest absolute Gasteiger partial charge is 0.360 e. The minimum Gasteiger partial charge on any atom is -0.464 e. The Morgan fingerprint density at radius 2 is 2.67 bits per heavy atom. The van der Waals surface area contributed by atoms with Gasteiger partial charge in [-0.25, -0.2) is 4.79 Å². The summed E-state index contributed by atoms with van der Waals surface area (Å²) in [6, 6.07) is 3.25. The van der Waals surface area contributed by atoms with Crippen molar-refractivity contribution in [3.63, 3.8) is 0 Å². The van der Waals surface area contributed by atoms with E-state index in [0.717, 1.165) is 0 Å². The van der Waals surface area contributed by atoms with Crippen LogP contribution < -0.4 is 0 Å². The Morgan fingerprint density at radius 3 is 3.25 bits per heavy atom. The quantitative estimate of drug-likeness (QED) is 0.599. The zero-order chi connectivity index (χ0) is 8.97. The fourth-order valence-electron chi connectivity index (χ4n) is 0.675. The van der Waals surface area contributed by atoms with E-state index in [0.29, 0.717) is 5.76 Å². The average Bonchev–Trinajstić information content (AvgIpc) is 2.52. The molecule has 0 saturated heterocycles. The topological polar surface area (TPSA) is 76.1 Å². The monoisotopic (exact) mass is 166 g/mol. The molecule has 0 amide bonds. The number of methoxy groups -OCH3 is 1. The summed E-state index contributed by atoms with van der Waals surface area (Å²) < 4.78 is 9.04. The van der Waals surface area contributed by atoms with Gasteiger partial charge < -0.3 is 9.26 Å². The number of nitrogens with zero attached hydrogens (tertiary/aromatic N) is 2. The van der Waals surface area contributed by atoms with Gasteiger partial charge in [-0.05, 0) is 0 Å². The van der Waals surface area contributed by atoms with Gasteiger partial charge in [-0.1, -0.05) is 5.16 Å². The van der Waals surface area contributed by atoms with Gasteiger partial charge in [0, 0.05) is 6.07 Å². The van der Waals surface area contributed by atoms with Crippen LogP contribution in [0, 0.1) is 11.3 Å². The molecular formula is C7H6N2O3. The molecule has 5 heteroatoms. The van der Waals surface area contributed by atoms with E-state index in [1.54, 1.807) is 0 Å². The molecule has 0 aromatic carbocycles. The van der Waals surface area contributed by atoms with Crippen LogP contribution in [0.25, 0.3) is 0 Å². The molecule has 0 fully saturated rings. The standard InChI is InChI=1S/C7H6N2O3/c1-11-7(10)6-4-5(2-3-8)12-9-6/h4H,2H2,1H3. The van der Waals surface area contributed by atoms with E-state index >= 15 is 0 Å². The van der Waals surface area contributed by atoms with E-state index in [9.17, 15) is 4.79 Å². The summed E-state index contributed by atoms with van der Waals surface area (Å²) in [7, 11) is 1.25. The maximum Gasteiger partial charge on any atom is 0.360 e.